The van der Waals surface area contributed by atoms with E-state index in [9.17, 15) is 9.59 Å². The number of aromatic nitrogens is 2. The monoisotopic (exact) mass is 382 g/mol. The Morgan fingerprint density at radius 1 is 1.36 bits per heavy atom. The quantitative estimate of drug-likeness (QED) is 0.884. The number of carbonyl (C=O) groups is 2. The number of nitrogens with one attached hydrogen (secondary N) is 1. The van der Waals surface area contributed by atoms with Gasteiger partial charge in [-0.1, -0.05) is 19.1 Å². The summed E-state index contributed by atoms with van der Waals surface area (Å²) in [6.07, 6.45) is 4.25. The molecule has 0 bridgehead atoms. The molecule has 1 atom stereocenters. The Hall–Kier alpha value is -2.83. The molecule has 4 rings (SSSR count). The Bertz CT molecular complexity index is 907. The van der Waals surface area contributed by atoms with Gasteiger partial charge in [-0.2, -0.15) is 5.10 Å². The average Bonchev–Trinajstić information content (AvgIpc) is 3.00. The second kappa shape index (κ2) is 7.30. The minimum absolute atomic E-state index is 0.0219. The fraction of sp³-hybridized carbons (Fsp3) is 0.476. The van der Waals surface area contributed by atoms with Crippen LogP contribution in [-0.2, 0) is 6.54 Å². The van der Waals surface area contributed by atoms with Crippen molar-refractivity contribution >= 4 is 11.8 Å². The predicted molar refractivity (Wildman–Crippen MR) is 105 cm³/mol. The number of likely N-dealkylation sites (tertiary alicyclic amines) is 1. The van der Waals surface area contributed by atoms with Crippen molar-refractivity contribution in [1.29, 1.82) is 0 Å². The first kappa shape index (κ1) is 18.5. The number of para-hydroxylation sites is 1. The fourth-order valence-electron chi connectivity index (χ4n) is 4.11. The molecule has 0 saturated carbocycles. The molecule has 1 N–H and O–H groups in total. The van der Waals surface area contributed by atoms with Gasteiger partial charge >= 0.3 is 0 Å². The van der Waals surface area contributed by atoms with E-state index in [0.717, 1.165) is 31.5 Å². The summed E-state index contributed by atoms with van der Waals surface area (Å²) in [4.78, 5) is 27.4. The molecule has 2 aromatic rings. The zero-order chi connectivity index (χ0) is 19.7. The summed E-state index contributed by atoms with van der Waals surface area (Å²) in [7, 11) is 0. The number of aryl methyl sites for hydroxylation is 1. The second-order valence-electron chi connectivity index (χ2n) is 7.66. The van der Waals surface area contributed by atoms with Crippen LogP contribution >= 0.6 is 0 Å². The molecule has 0 radical (unpaired) electrons. The Morgan fingerprint density at radius 3 is 3.00 bits per heavy atom. The van der Waals surface area contributed by atoms with E-state index >= 15 is 0 Å². The normalized spacial score (nSPS) is 21.6. The Labute approximate surface area is 164 Å². The van der Waals surface area contributed by atoms with Crippen LogP contribution in [0.4, 0.5) is 0 Å². The van der Waals surface area contributed by atoms with Crippen LogP contribution < -0.4 is 10.1 Å². The minimum atomic E-state index is -0.608. The molecule has 28 heavy (non-hydrogen) atoms. The molecule has 1 fully saturated rings. The van der Waals surface area contributed by atoms with Gasteiger partial charge in [0, 0.05) is 18.8 Å². The third-order valence-electron chi connectivity index (χ3n) is 5.62. The van der Waals surface area contributed by atoms with Gasteiger partial charge in [-0.05, 0) is 38.3 Å². The predicted octanol–water partition coefficient (Wildman–Crippen LogP) is 2.40. The second-order valence-corrected chi connectivity index (χ2v) is 7.66. The number of ether oxygens (including phenoxy) is 1. The molecule has 0 aliphatic carbocycles. The van der Waals surface area contributed by atoms with Crippen molar-refractivity contribution in [2.75, 3.05) is 19.6 Å². The summed E-state index contributed by atoms with van der Waals surface area (Å²) >= 11 is 0. The lowest BCUT2D eigenvalue weighted by atomic mass is 9.91. The number of hydrogen-bond acceptors (Lipinski definition) is 4. The summed E-state index contributed by atoms with van der Waals surface area (Å²) in [5.74, 6) is 0.428. The number of carbonyl (C=O) groups excluding carboxylic acids is 2. The van der Waals surface area contributed by atoms with E-state index in [-0.39, 0.29) is 11.8 Å². The van der Waals surface area contributed by atoms with E-state index in [2.05, 4.69) is 17.3 Å². The molecular formula is C21H26N4O3. The van der Waals surface area contributed by atoms with Gasteiger partial charge in [-0.3, -0.25) is 14.3 Å². The van der Waals surface area contributed by atoms with Gasteiger partial charge in [0.15, 0.2) is 0 Å². The van der Waals surface area contributed by atoms with Crippen LogP contribution in [0.15, 0.2) is 30.5 Å². The van der Waals surface area contributed by atoms with Gasteiger partial charge in [0.05, 0.1) is 30.4 Å². The summed E-state index contributed by atoms with van der Waals surface area (Å²) in [5, 5.41) is 7.34. The smallest absolute Gasteiger partial charge is 0.257 e. The van der Waals surface area contributed by atoms with E-state index < -0.39 is 5.60 Å². The SMILES string of the molecule is CCCn1ncc(C(=O)N2CCCC3(CNC(=O)c4ccccc4O3)C2)c1C. The van der Waals surface area contributed by atoms with Gasteiger partial charge in [-0.15, -0.1) is 0 Å². The highest BCUT2D eigenvalue weighted by molar-refractivity contribution is 5.97. The molecule has 3 heterocycles. The van der Waals surface area contributed by atoms with Crippen molar-refractivity contribution in [3.05, 3.63) is 47.3 Å². The number of amides is 2. The summed E-state index contributed by atoms with van der Waals surface area (Å²) in [6.45, 7) is 6.34. The van der Waals surface area contributed by atoms with Gasteiger partial charge in [-0.25, -0.2) is 0 Å². The van der Waals surface area contributed by atoms with Crippen molar-refractivity contribution in [3.8, 4) is 5.75 Å². The van der Waals surface area contributed by atoms with Gasteiger partial charge in [0.2, 0.25) is 0 Å². The molecule has 2 aliphatic heterocycles. The number of fused-ring (bicyclic) bond motifs is 1. The lowest BCUT2D eigenvalue weighted by molar-refractivity contribution is -0.000897. The highest BCUT2D eigenvalue weighted by Crippen LogP contribution is 2.32. The van der Waals surface area contributed by atoms with Crippen molar-refractivity contribution in [3.63, 3.8) is 0 Å². The zero-order valence-corrected chi connectivity index (χ0v) is 16.4. The van der Waals surface area contributed by atoms with Crippen LogP contribution in [0.2, 0.25) is 0 Å². The molecule has 1 saturated heterocycles. The molecule has 1 spiro atoms. The van der Waals surface area contributed by atoms with Crippen LogP contribution in [0.1, 0.15) is 52.6 Å². The van der Waals surface area contributed by atoms with Crippen molar-refractivity contribution in [2.45, 2.75) is 45.3 Å². The summed E-state index contributed by atoms with van der Waals surface area (Å²) in [6, 6.07) is 7.28. The maximum Gasteiger partial charge on any atom is 0.257 e. The highest BCUT2D eigenvalue weighted by Gasteiger charge is 2.42. The number of nitrogens with zero attached hydrogens (tertiary/aromatic N) is 3. The lowest BCUT2D eigenvalue weighted by Gasteiger charge is -2.42. The zero-order valence-electron chi connectivity index (χ0n) is 16.4. The van der Waals surface area contributed by atoms with Crippen LogP contribution in [0.5, 0.6) is 5.75 Å². The Kier molecular flexibility index (Phi) is 4.83. The van der Waals surface area contributed by atoms with E-state index in [1.54, 1.807) is 12.3 Å². The van der Waals surface area contributed by atoms with E-state index in [4.69, 9.17) is 4.74 Å². The first-order valence-electron chi connectivity index (χ1n) is 9.91. The number of benzene rings is 1. The van der Waals surface area contributed by atoms with E-state index in [0.29, 0.717) is 36.5 Å². The fourth-order valence-corrected chi connectivity index (χ4v) is 4.11. The Balaban J connectivity index is 1.58. The summed E-state index contributed by atoms with van der Waals surface area (Å²) in [5.41, 5.74) is 1.47. The van der Waals surface area contributed by atoms with Crippen molar-refractivity contribution in [1.82, 2.24) is 20.0 Å². The average molecular weight is 382 g/mol. The number of rotatable bonds is 3. The van der Waals surface area contributed by atoms with E-state index in [1.165, 1.54) is 0 Å². The molecule has 2 aliphatic rings. The van der Waals surface area contributed by atoms with Crippen LogP contribution in [0, 0.1) is 6.92 Å². The molecular weight excluding hydrogens is 356 g/mol. The van der Waals surface area contributed by atoms with E-state index in [1.807, 2.05) is 34.7 Å². The van der Waals surface area contributed by atoms with Crippen LogP contribution in [0.25, 0.3) is 0 Å². The minimum Gasteiger partial charge on any atom is -0.483 e. The maximum absolute atomic E-state index is 13.2. The highest BCUT2D eigenvalue weighted by atomic mass is 16.5. The third-order valence-corrected chi connectivity index (χ3v) is 5.62. The molecule has 1 aromatic heterocycles. The van der Waals surface area contributed by atoms with Crippen molar-refractivity contribution < 1.29 is 14.3 Å². The largest absolute Gasteiger partial charge is 0.483 e. The molecule has 1 aromatic carbocycles. The molecule has 2 amide bonds. The third kappa shape index (κ3) is 3.25. The van der Waals surface area contributed by atoms with Gasteiger partial charge in [0.25, 0.3) is 11.8 Å². The molecule has 148 valence electrons. The standard InChI is InChI=1S/C21H26N4O3/c1-3-10-25-15(2)17(12-23-25)20(27)24-11-6-9-21(14-24)13-22-19(26)16-7-4-5-8-18(16)28-21/h4-5,7-8,12H,3,6,9-11,13-14H2,1-2H3,(H,22,26). The first-order chi connectivity index (χ1) is 13.5. The maximum atomic E-state index is 13.2. The molecule has 1 unspecified atom stereocenters. The number of piperidine rings is 1. The first-order valence-corrected chi connectivity index (χ1v) is 9.91. The topological polar surface area (TPSA) is 76.5 Å². The lowest BCUT2D eigenvalue weighted by Crippen LogP contribution is -2.57. The van der Waals surface area contributed by atoms with Crippen LogP contribution in [-0.4, -0.2) is 51.7 Å². The van der Waals surface area contributed by atoms with Gasteiger partial charge in [0.1, 0.15) is 11.4 Å². The molecule has 7 heteroatoms. The summed E-state index contributed by atoms with van der Waals surface area (Å²) < 4.78 is 8.23. The number of hydrogen-bond donors (Lipinski definition) is 1. The Morgan fingerprint density at radius 2 is 2.18 bits per heavy atom. The van der Waals surface area contributed by atoms with Gasteiger partial charge < -0.3 is 15.0 Å². The molecule has 7 nitrogen and oxygen atoms in total. The van der Waals surface area contributed by atoms with Crippen molar-refractivity contribution in [2.24, 2.45) is 0 Å². The van der Waals surface area contributed by atoms with Crippen LogP contribution in [0.3, 0.4) is 0 Å².